The Morgan fingerprint density at radius 1 is 1.19 bits per heavy atom. The van der Waals surface area contributed by atoms with E-state index in [1.807, 2.05) is 18.7 Å². The van der Waals surface area contributed by atoms with Crippen LogP contribution >= 0.6 is 0 Å². The van der Waals surface area contributed by atoms with E-state index >= 15 is 0 Å². The van der Waals surface area contributed by atoms with Crippen LogP contribution in [0.5, 0.6) is 0 Å². The molecule has 0 radical (unpaired) electrons. The number of piperazine rings is 1. The summed E-state index contributed by atoms with van der Waals surface area (Å²) in [4.78, 5) is 27.5. The highest BCUT2D eigenvalue weighted by molar-refractivity contribution is 5.97. The van der Waals surface area contributed by atoms with Crippen molar-refractivity contribution in [2.75, 3.05) is 0 Å². The Morgan fingerprint density at radius 2 is 1.76 bits per heavy atom. The lowest BCUT2D eigenvalue weighted by Gasteiger charge is -2.49. The molecule has 0 aromatic rings. The Kier molecular flexibility index (Phi) is 4.36. The molecule has 0 spiro atoms. The van der Waals surface area contributed by atoms with Gasteiger partial charge in [0.1, 0.15) is 12.1 Å². The number of hydrogen-bond donors (Lipinski definition) is 1. The van der Waals surface area contributed by atoms with Crippen LogP contribution < -0.4 is 5.32 Å². The van der Waals surface area contributed by atoms with E-state index in [0.717, 1.165) is 12.8 Å². The second kappa shape index (κ2) is 5.62. The van der Waals surface area contributed by atoms with Gasteiger partial charge in [0.15, 0.2) is 0 Å². The first-order chi connectivity index (χ1) is 9.66. The van der Waals surface area contributed by atoms with Gasteiger partial charge in [-0.25, -0.2) is 0 Å². The number of carbonyl (C=O) groups is 2. The van der Waals surface area contributed by atoms with Crippen LogP contribution in [-0.2, 0) is 9.59 Å². The van der Waals surface area contributed by atoms with Crippen molar-refractivity contribution in [1.29, 1.82) is 0 Å². The summed E-state index contributed by atoms with van der Waals surface area (Å²) < 4.78 is 0. The SMILES string of the molecule is CC(C)CC1NC(=O)C(C(C)C)N(C(C)(C)C2CC2)C1=O. The van der Waals surface area contributed by atoms with Crippen LogP contribution in [0.15, 0.2) is 0 Å². The molecule has 2 amide bonds. The van der Waals surface area contributed by atoms with Gasteiger partial charge in [-0.3, -0.25) is 9.59 Å². The Labute approximate surface area is 128 Å². The van der Waals surface area contributed by atoms with Gasteiger partial charge in [0.25, 0.3) is 0 Å². The summed E-state index contributed by atoms with van der Waals surface area (Å²) in [6.45, 7) is 12.5. The molecule has 1 saturated carbocycles. The van der Waals surface area contributed by atoms with Crippen LogP contribution in [0.1, 0.15) is 60.8 Å². The van der Waals surface area contributed by atoms with Crippen LogP contribution in [0.4, 0.5) is 0 Å². The molecule has 1 N–H and O–H groups in total. The number of amides is 2. The second-order valence-corrected chi connectivity index (χ2v) is 8.02. The van der Waals surface area contributed by atoms with Gasteiger partial charge in [-0.1, -0.05) is 27.7 Å². The normalized spacial score (nSPS) is 27.5. The molecule has 4 nitrogen and oxygen atoms in total. The zero-order chi connectivity index (χ0) is 15.9. The first-order valence-electron chi connectivity index (χ1n) is 8.29. The summed E-state index contributed by atoms with van der Waals surface area (Å²) in [6, 6.07) is -0.693. The fourth-order valence-electron chi connectivity index (χ4n) is 3.60. The van der Waals surface area contributed by atoms with Crippen molar-refractivity contribution in [3.8, 4) is 0 Å². The molecule has 0 bridgehead atoms. The average molecular weight is 294 g/mol. The second-order valence-electron chi connectivity index (χ2n) is 8.02. The van der Waals surface area contributed by atoms with Crippen molar-refractivity contribution in [3.05, 3.63) is 0 Å². The smallest absolute Gasteiger partial charge is 0.246 e. The molecule has 120 valence electrons. The van der Waals surface area contributed by atoms with Gasteiger partial charge >= 0.3 is 0 Å². The van der Waals surface area contributed by atoms with Crippen molar-refractivity contribution in [2.45, 2.75) is 78.4 Å². The first kappa shape index (κ1) is 16.3. The molecule has 0 aromatic carbocycles. The van der Waals surface area contributed by atoms with E-state index in [1.165, 1.54) is 0 Å². The minimum atomic E-state index is -0.356. The van der Waals surface area contributed by atoms with Gasteiger partial charge in [-0.15, -0.1) is 0 Å². The molecule has 2 rings (SSSR count). The van der Waals surface area contributed by atoms with Crippen LogP contribution in [0.25, 0.3) is 0 Å². The van der Waals surface area contributed by atoms with Gasteiger partial charge in [-0.2, -0.15) is 0 Å². The standard InChI is InChI=1S/C17H30N2O2/c1-10(2)9-13-16(21)19(17(5,6)12-7-8-12)14(11(3)4)15(20)18-13/h10-14H,7-9H2,1-6H3,(H,18,20). The van der Waals surface area contributed by atoms with E-state index in [9.17, 15) is 9.59 Å². The summed E-state index contributed by atoms with van der Waals surface area (Å²) in [5.74, 6) is 1.18. The largest absolute Gasteiger partial charge is 0.342 e. The minimum Gasteiger partial charge on any atom is -0.342 e. The third kappa shape index (κ3) is 3.09. The molecule has 21 heavy (non-hydrogen) atoms. The number of nitrogens with zero attached hydrogens (tertiary/aromatic N) is 1. The maximum Gasteiger partial charge on any atom is 0.246 e. The van der Waals surface area contributed by atoms with Crippen molar-refractivity contribution >= 4 is 11.8 Å². The molecule has 0 aromatic heterocycles. The highest BCUT2D eigenvalue weighted by atomic mass is 16.2. The summed E-state index contributed by atoms with van der Waals surface area (Å²) in [7, 11) is 0. The lowest BCUT2D eigenvalue weighted by molar-refractivity contribution is -0.159. The maximum absolute atomic E-state index is 13.0. The fraction of sp³-hybridized carbons (Fsp3) is 0.882. The summed E-state index contributed by atoms with van der Waals surface area (Å²) in [5.41, 5.74) is -0.223. The highest BCUT2D eigenvalue weighted by Crippen LogP contribution is 2.45. The molecule has 2 unspecified atom stereocenters. The van der Waals surface area contributed by atoms with Gasteiger partial charge in [0, 0.05) is 5.54 Å². The Morgan fingerprint density at radius 3 is 2.19 bits per heavy atom. The number of hydrogen-bond acceptors (Lipinski definition) is 2. The third-order valence-electron chi connectivity index (χ3n) is 4.93. The summed E-state index contributed by atoms with van der Waals surface area (Å²) in [6.07, 6.45) is 3.04. The predicted molar refractivity (Wildman–Crippen MR) is 83.7 cm³/mol. The summed E-state index contributed by atoms with van der Waals surface area (Å²) >= 11 is 0. The average Bonchev–Trinajstić information content (AvgIpc) is 3.15. The van der Waals surface area contributed by atoms with E-state index in [0.29, 0.717) is 18.3 Å². The van der Waals surface area contributed by atoms with Crippen molar-refractivity contribution < 1.29 is 9.59 Å². The van der Waals surface area contributed by atoms with E-state index < -0.39 is 0 Å². The van der Waals surface area contributed by atoms with Crippen LogP contribution in [0.3, 0.4) is 0 Å². The molecule has 1 aliphatic heterocycles. The van der Waals surface area contributed by atoms with Crippen molar-refractivity contribution in [2.24, 2.45) is 17.8 Å². The third-order valence-corrected chi connectivity index (χ3v) is 4.93. The Balaban J connectivity index is 2.32. The van der Waals surface area contributed by atoms with E-state index in [1.54, 1.807) is 0 Å². The van der Waals surface area contributed by atoms with E-state index in [2.05, 4.69) is 33.0 Å². The Hall–Kier alpha value is -1.06. The molecule has 2 aliphatic rings. The van der Waals surface area contributed by atoms with Crippen molar-refractivity contribution in [1.82, 2.24) is 10.2 Å². The minimum absolute atomic E-state index is 0.0176. The molecular formula is C17H30N2O2. The van der Waals surface area contributed by atoms with Crippen LogP contribution in [0, 0.1) is 17.8 Å². The number of nitrogens with one attached hydrogen (secondary N) is 1. The van der Waals surface area contributed by atoms with Gasteiger partial charge in [0.05, 0.1) is 0 Å². The lowest BCUT2D eigenvalue weighted by Crippen LogP contribution is -2.70. The van der Waals surface area contributed by atoms with Crippen LogP contribution in [-0.4, -0.2) is 34.3 Å². The van der Waals surface area contributed by atoms with E-state index in [-0.39, 0.29) is 35.4 Å². The lowest BCUT2D eigenvalue weighted by atomic mass is 9.86. The van der Waals surface area contributed by atoms with Gasteiger partial charge in [-0.05, 0) is 50.9 Å². The molecule has 1 saturated heterocycles. The van der Waals surface area contributed by atoms with Crippen molar-refractivity contribution in [3.63, 3.8) is 0 Å². The molecule has 2 fully saturated rings. The monoisotopic (exact) mass is 294 g/mol. The topological polar surface area (TPSA) is 49.4 Å². The highest BCUT2D eigenvalue weighted by Gasteiger charge is 2.52. The molecule has 1 heterocycles. The van der Waals surface area contributed by atoms with Crippen LogP contribution in [0.2, 0.25) is 0 Å². The number of rotatable bonds is 5. The molecular weight excluding hydrogens is 264 g/mol. The fourth-order valence-corrected chi connectivity index (χ4v) is 3.60. The van der Waals surface area contributed by atoms with Gasteiger partial charge < -0.3 is 10.2 Å². The zero-order valence-electron chi connectivity index (χ0n) is 14.3. The zero-order valence-corrected chi connectivity index (χ0v) is 14.3. The van der Waals surface area contributed by atoms with E-state index in [4.69, 9.17) is 0 Å². The summed E-state index contributed by atoms with van der Waals surface area (Å²) in [5, 5.41) is 2.96. The maximum atomic E-state index is 13.0. The molecule has 1 aliphatic carbocycles. The van der Waals surface area contributed by atoms with Gasteiger partial charge in [0.2, 0.25) is 11.8 Å². The number of carbonyl (C=O) groups excluding carboxylic acids is 2. The quantitative estimate of drug-likeness (QED) is 0.847. The Bertz CT molecular complexity index is 425. The molecule has 4 heteroatoms. The predicted octanol–water partition coefficient (Wildman–Crippen LogP) is 2.57. The first-order valence-corrected chi connectivity index (χ1v) is 8.29. The molecule has 2 atom stereocenters.